The zero-order valence-corrected chi connectivity index (χ0v) is 8.47. The number of ether oxygens (including phenoxy) is 1. The van der Waals surface area contributed by atoms with E-state index >= 15 is 0 Å². The monoisotopic (exact) mass is 200 g/mol. The zero-order valence-electron chi connectivity index (χ0n) is 8.47. The molecule has 3 nitrogen and oxygen atoms in total. The molecule has 0 atom stereocenters. The minimum atomic E-state index is 0.651. The molecule has 0 amide bonds. The fourth-order valence-electron chi connectivity index (χ4n) is 1.49. The van der Waals surface area contributed by atoms with E-state index in [2.05, 4.69) is 4.98 Å². The number of hydrogen-bond donors (Lipinski definition) is 1. The van der Waals surface area contributed by atoms with Gasteiger partial charge in [0.15, 0.2) is 0 Å². The number of aromatic nitrogens is 1. The number of nitrogens with zero attached hydrogens (tertiary/aromatic N) is 1. The van der Waals surface area contributed by atoms with Crippen LogP contribution in [0.2, 0.25) is 0 Å². The molecule has 2 N–H and O–H groups in total. The Kier molecular flexibility index (Phi) is 2.54. The van der Waals surface area contributed by atoms with Crippen LogP contribution in [0.4, 0.5) is 5.69 Å². The maximum atomic E-state index is 5.68. The standard InChI is InChI=1S/C12H12N2O/c1-15-12-5-3-2-4-11(12)9-6-10(13)8-14-7-9/h2-8H,13H2,1H3. The van der Waals surface area contributed by atoms with Gasteiger partial charge >= 0.3 is 0 Å². The van der Waals surface area contributed by atoms with Crippen molar-refractivity contribution in [1.82, 2.24) is 4.98 Å². The summed E-state index contributed by atoms with van der Waals surface area (Å²) in [4.78, 5) is 4.06. The first-order valence-corrected chi connectivity index (χ1v) is 4.65. The Hall–Kier alpha value is -2.03. The molecule has 1 aromatic heterocycles. The summed E-state index contributed by atoms with van der Waals surface area (Å²) in [7, 11) is 1.65. The molecule has 0 bridgehead atoms. The lowest BCUT2D eigenvalue weighted by Gasteiger charge is -2.07. The third-order valence-electron chi connectivity index (χ3n) is 2.18. The third kappa shape index (κ3) is 1.91. The molecule has 1 heterocycles. The highest BCUT2D eigenvalue weighted by atomic mass is 16.5. The maximum Gasteiger partial charge on any atom is 0.126 e. The zero-order chi connectivity index (χ0) is 10.7. The number of pyridine rings is 1. The van der Waals surface area contributed by atoms with Gasteiger partial charge in [0.25, 0.3) is 0 Å². The number of para-hydroxylation sites is 1. The van der Waals surface area contributed by atoms with Crippen molar-refractivity contribution in [3.8, 4) is 16.9 Å². The average Bonchev–Trinajstić information content (AvgIpc) is 2.29. The van der Waals surface area contributed by atoms with Crippen molar-refractivity contribution in [3.05, 3.63) is 42.7 Å². The SMILES string of the molecule is COc1ccccc1-c1cncc(N)c1. The van der Waals surface area contributed by atoms with E-state index in [1.54, 1.807) is 19.5 Å². The number of nitrogens with two attached hydrogens (primary N) is 1. The van der Waals surface area contributed by atoms with Gasteiger partial charge in [-0.25, -0.2) is 0 Å². The van der Waals surface area contributed by atoms with E-state index in [1.807, 2.05) is 30.3 Å². The van der Waals surface area contributed by atoms with Crippen molar-refractivity contribution in [2.75, 3.05) is 12.8 Å². The predicted octanol–water partition coefficient (Wildman–Crippen LogP) is 2.34. The van der Waals surface area contributed by atoms with Gasteiger partial charge in [0.2, 0.25) is 0 Å². The van der Waals surface area contributed by atoms with Crippen LogP contribution in [-0.4, -0.2) is 12.1 Å². The van der Waals surface area contributed by atoms with Crippen LogP contribution < -0.4 is 10.5 Å². The molecule has 0 aliphatic heterocycles. The Morgan fingerprint density at radius 2 is 2.00 bits per heavy atom. The fraction of sp³-hybridized carbons (Fsp3) is 0.0833. The van der Waals surface area contributed by atoms with Crippen LogP contribution in [0.1, 0.15) is 0 Å². The van der Waals surface area contributed by atoms with E-state index in [0.29, 0.717) is 5.69 Å². The molecule has 0 saturated carbocycles. The van der Waals surface area contributed by atoms with Crippen LogP contribution in [0.3, 0.4) is 0 Å². The highest BCUT2D eigenvalue weighted by molar-refractivity contribution is 5.71. The van der Waals surface area contributed by atoms with Gasteiger partial charge < -0.3 is 10.5 Å². The summed E-state index contributed by atoms with van der Waals surface area (Å²) in [5.74, 6) is 0.824. The molecule has 0 aliphatic rings. The lowest BCUT2D eigenvalue weighted by atomic mass is 10.1. The molecule has 3 heteroatoms. The van der Waals surface area contributed by atoms with Crippen molar-refractivity contribution >= 4 is 5.69 Å². The van der Waals surface area contributed by atoms with Gasteiger partial charge in [-0.1, -0.05) is 18.2 Å². The van der Waals surface area contributed by atoms with E-state index in [1.165, 1.54) is 0 Å². The van der Waals surface area contributed by atoms with E-state index < -0.39 is 0 Å². The summed E-state index contributed by atoms with van der Waals surface area (Å²) in [6.07, 6.45) is 3.40. The molecule has 2 rings (SSSR count). The summed E-state index contributed by atoms with van der Waals surface area (Å²) >= 11 is 0. The van der Waals surface area contributed by atoms with Gasteiger partial charge in [-0.2, -0.15) is 0 Å². The van der Waals surface area contributed by atoms with E-state index in [9.17, 15) is 0 Å². The second-order valence-corrected chi connectivity index (χ2v) is 3.21. The molecule has 0 unspecified atom stereocenters. The predicted molar refractivity (Wildman–Crippen MR) is 60.6 cm³/mol. The van der Waals surface area contributed by atoms with E-state index in [-0.39, 0.29) is 0 Å². The first-order chi connectivity index (χ1) is 7.31. The molecular formula is C12H12N2O. The third-order valence-corrected chi connectivity index (χ3v) is 2.18. The largest absolute Gasteiger partial charge is 0.496 e. The molecule has 0 aliphatic carbocycles. The molecular weight excluding hydrogens is 188 g/mol. The topological polar surface area (TPSA) is 48.1 Å². The molecule has 0 spiro atoms. The first-order valence-electron chi connectivity index (χ1n) is 4.65. The first kappa shape index (κ1) is 9.52. The Morgan fingerprint density at radius 1 is 1.20 bits per heavy atom. The second-order valence-electron chi connectivity index (χ2n) is 3.21. The Balaban J connectivity index is 2.53. The van der Waals surface area contributed by atoms with Crippen LogP contribution in [0.25, 0.3) is 11.1 Å². The smallest absolute Gasteiger partial charge is 0.126 e. The van der Waals surface area contributed by atoms with Gasteiger partial charge in [-0.15, -0.1) is 0 Å². The van der Waals surface area contributed by atoms with E-state index in [4.69, 9.17) is 10.5 Å². The van der Waals surface area contributed by atoms with Gasteiger partial charge in [0.05, 0.1) is 12.8 Å². The number of methoxy groups -OCH3 is 1. The van der Waals surface area contributed by atoms with Crippen molar-refractivity contribution in [1.29, 1.82) is 0 Å². The quantitative estimate of drug-likeness (QED) is 0.809. The Labute approximate surface area is 88.5 Å². The maximum absolute atomic E-state index is 5.68. The lowest BCUT2D eigenvalue weighted by molar-refractivity contribution is 0.416. The summed E-state index contributed by atoms with van der Waals surface area (Å²) in [5.41, 5.74) is 8.30. The van der Waals surface area contributed by atoms with Crippen molar-refractivity contribution in [2.24, 2.45) is 0 Å². The number of benzene rings is 1. The number of anilines is 1. The number of nitrogen functional groups attached to an aromatic ring is 1. The van der Waals surface area contributed by atoms with Crippen LogP contribution >= 0.6 is 0 Å². The summed E-state index contributed by atoms with van der Waals surface area (Å²) < 4.78 is 5.27. The molecule has 0 radical (unpaired) electrons. The fourth-order valence-corrected chi connectivity index (χ4v) is 1.49. The minimum absolute atomic E-state index is 0.651. The lowest BCUT2D eigenvalue weighted by Crippen LogP contribution is -1.90. The normalized spacial score (nSPS) is 9.93. The van der Waals surface area contributed by atoms with Crippen molar-refractivity contribution in [2.45, 2.75) is 0 Å². The summed E-state index contributed by atoms with van der Waals surface area (Å²) in [6.45, 7) is 0. The van der Waals surface area contributed by atoms with Crippen LogP contribution in [0.15, 0.2) is 42.7 Å². The molecule has 2 aromatic rings. The average molecular weight is 200 g/mol. The molecule has 15 heavy (non-hydrogen) atoms. The van der Waals surface area contributed by atoms with Crippen LogP contribution in [0.5, 0.6) is 5.75 Å². The van der Waals surface area contributed by atoms with Crippen molar-refractivity contribution < 1.29 is 4.74 Å². The van der Waals surface area contributed by atoms with Gasteiger partial charge in [0, 0.05) is 23.5 Å². The molecule has 1 aromatic carbocycles. The number of rotatable bonds is 2. The van der Waals surface area contributed by atoms with Crippen LogP contribution in [0, 0.1) is 0 Å². The minimum Gasteiger partial charge on any atom is -0.496 e. The van der Waals surface area contributed by atoms with Crippen LogP contribution in [-0.2, 0) is 0 Å². The molecule has 76 valence electrons. The van der Waals surface area contributed by atoms with Crippen molar-refractivity contribution in [3.63, 3.8) is 0 Å². The second kappa shape index (κ2) is 4.00. The molecule has 0 fully saturated rings. The van der Waals surface area contributed by atoms with Gasteiger partial charge in [-0.3, -0.25) is 4.98 Å². The Bertz CT molecular complexity index is 469. The highest BCUT2D eigenvalue weighted by Gasteiger charge is 2.04. The molecule has 0 saturated heterocycles. The van der Waals surface area contributed by atoms with Gasteiger partial charge in [0.1, 0.15) is 5.75 Å². The van der Waals surface area contributed by atoms with Gasteiger partial charge in [-0.05, 0) is 12.1 Å². The summed E-state index contributed by atoms with van der Waals surface area (Å²) in [6, 6.07) is 9.67. The highest BCUT2D eigenvalue weighted by Crippen LogP contribution is 2.29. The Morgan fingerprint density at radius 3 is 2.73 bits per heavy atom. The summed E-state index contributed by atoms with van der Waals surface area (Å²) in [5, 5.41) is 0. The number of hydrogen-bond acceptors (Lipinski definition) is 3. The van der Waals surface area contributed by atoms with E-state index in [0.717, 1.165) is 16.9 Å².